The van der Waals surface area contributed by atoms with Crippen molar-refractivity contribution in [1.82, 2.24) is 19.2 Å². The molecule has 2 aliphatic rings. The molecule has 3 aromatic carbocycles. The number of anilines is 1. The zero-order valence-electron chi connectivity index (χ0n) is 39.6. The fraction of sp³-hybridized carbons (Fsp3) is 0.431. The van der Waals surface area contributed by atoms with Crippen LogP contribution in [0.5, 0.6) is 5.75 Å². The van der Waals surface area contributed by atoms with Gasteiger partial charge in [-0.1, -0.05) is 69.3 Å². The molecule has 0 aliphatic carbocycles. The van der Waals surface area contributed by atoms with Gasteiger partial charge in [0.2, 0.25) is 5.09 Å². The third kappa shape index (κ3) is 15.2. The summed E-state index contributed by atoms with van der Waals surface area (Å²) in [6.45, 7) is 6.20. The van der Waals surface area contributed by atoms with Crippen molar-refractivity contribution in [3.05, 3.63) is 129 Å². The van der Waals surface area contributed by atoms with Crippen molar-refractivity contribution in [3.8, 4) is 5.75 Å². The van der Waals surface area contributed by atoms with Crippen LogP contribution in [0.25, 0.3) is 0 Å². The van der Waals surface area contributed by atoms with Crippen LogP contribution in [0.3, 0.4) is 0 Å². The lowest BCUT2D eigenvalue weighted by atomic mass is 9.90. The lowest BCUT2D eigenvalue weighted by Gasteiger charge is -2.31. The van der Waals surface area contributed by atoms with Gasteiger partial charge in [0.1, 0.15) is 21.5 Å². The highest BCUT2D eigenvalue weighted by Crippen LogP contribution is 2.30. The number of ketones is 1. The van der Waals surface area contributed by atoms with Crippen molar-refractivity contribution in [1.29, 1.82) is 0 Å². The SMILES string of the molecule is CCCCCCC(=O)C1CCN(S(=O)(=O)c2ccc(CNC(=O)c3cccc(OC)c3)s2)CC1.CCCc1cccc(NC2CCN(S(=O)(=O)c3ccc(CNC(=O)c4ccc(Cl)cc4)o3)CC2)c1. The summed E-state index contributed by atoms with van der Waals surface area (Å²) in [6, 6.07) is 28.3. The minimum Gasteiger partial charge on any atom is -0.497 e. The molecule has 0 bridgehead atoms. The number of carbonyl (C=O) groups excluding carboxylic acids is 3. The van der Waals surface area contributed by atoms with Crippen LogP contribution in [-0.4, -0.2) is 82.4 Å². The first kappa shape index (κ1) is 53.3. The lowest BCUT2D eigenvalue weighted by molar-refractivity contribution is -0.124. The first-order valence-electron chi connectivity index (χ1n) is 23.7. The Morgan fingerprint density at radius 2 is 1.41 bits per heavy atom. The number of aryl methyl sites for hydroxylation is 1. The normalized spacial score (nSPS) is 15.2. The van der Waals surface area contributed by atoms with E-state index >= 15 is 0 Å². The minimum atomic E-state index is -3.74. The summed E-state index contributed by atoms with van der Waals surface area (Å²) in [4.78, 5) is 37.9. The largest absolute Gasteiger partial charge is 0.497 e. The highest BCUT2D eigenvalue weighted by atomic mass is 35.5. The molecule has 2 aromatic heterocycles. The Morgan fingerprint density at radius 1 is 0.725 bits per heavy atom. The maximum Gasteiger partial charge on any atom is 0.276 e. The van der Waals surface area contributed by atoms with E-state index in [0.717, 1.165) is 49.1 Å². The number of ether oxygens (including phenoxy) is 1. The molecule has 0 saturated carbocycles. The zero-order valence-corrected chi connectivity index (χ0v) is 42.8. The van der Waals surface area contributed by atoms with Crippen LogP contribution in [-0.2, 0) is 44.4 Å². The number of hydrogen-bond donors (Lipinski definition) is 3. The molecule has 372 valence electrons. The fourth-order valence-electron chi connectivity index (χ4n) is 8.27. The van der Waals surface area contributed by atoms with Gasteiger partial charge in [-0.3, -0.25) is 14.4 Å². The number of rotatable bonds is 21. The molecule has 2 aliphatic heterocycles. The van der Waals surface area contributed by atoms with E-state index in [1.807, 2.05) is 0 Å². The van der Waals surface area contributed by atoms with Crippen LogP contribution in [0.4, 0.5) is 5.69 Å². The van der Waals surface area contributed by atoms with Gasteiger partial charge in [0, 0.05) is 71.3 Å². The predicted molar refractivity (Wildman–Crippen MR) is 271 cm³/mol. The maximum absolute atomic E-state index is 13.1. The van der Waals surface area contributed by atoms with Crippen molar-refractivity contribution in [2.75, 3.05) is 38.6 Å². The monoisotopic (exact) mass is 1020 g/mol. The zero-order chi connectivity index (χ0) is 49.4. The van der Waals surface area contributed by atoms with E-state index in [1.54, 1.807) is 73.8 Å². The summed E-state index contributed by atoms with van der Waals surface area (Å²) < 4.78 is 66.3. The first-order chi connectivity index (χ1) is 33.2. The van der Waals surface area contributed by atoms with Gasteiger partial charge < -0.3 is 25.1 Å². The molecule has 4 heterocycles. The molecule has 2 fully saturated rings. The number of halogens is 1. The standard InChI is InChI=1S/C26H30ClN3O4S.C25H34N2O5S2/c1-2-4-19-5-3-6-23(17-19)29-22-13-15-30(16-14-22)35(32,33)25-12-11-24(34-25)18-28-26(31)20-7-9-21(27)10-8-20;1-3-4-5-6-10-23(28)19-13-15-27(16-14-19)34(30,31)24-12-11-22(33-24)18-26-25(29)20-8-7-9-21(17-20)32-2/h3,5-12,17,22,29H,2,4,13-16,18H2,1H3,(H,28,31);7-9,11-12,17,19H,3-6,10,13-16,18H2,1-2H3,(H,26,29). The lowest BCUT2D eigenvalue weighted by Crippen LogP contribution is -2.42. The van der Waals surface area contributed by atoms with Gasteiger partial charge in [-0.15, -0.1) is 11.3 Å². The van der Waals surface area contributed by atoms with E-state index in [2.05, 4.69) is 54.1 Å². The van der Waals surface area contributed by atoms with Crippen LogP contribution in [0.1, 0.15) is 115 Å². The van der Waals surface area contributed by atoms with Gasteiger partial charge in [0.15, 0.2) is 0 Å². The van der Waals surface area contributed by atoms with E-state index in [4.69, 9.17) is 20.8 Å². The minimum absolute atomic E-state index is 0.0289. The molecule has 3 N–H and O–H groups in total. The number of furan rings is 1. The van der Waals surface area contributed by atoms with E-state index in [-0.39, 0.29) is 51.9 Å². The van der Waals surface area contributed by atoms with E-state index in [0.29, 0.717) is 85.9 Å². The Morgan fingerprint density at radius 3 is 2.12 bits per heavy atom. The van der Waals surface area contributed by atoms with Gasteiger partial charge in [0.25, 0.3) is 31.9 Å². The highest BCUT2D eigenvalue weighted by molar-refractivity contribution is 7.91. The van der Waals surface area contributed by atoms with E-state index in [1.165, 1.54) is 31.6 Å². The van der Waals surface area contributed by atoms with Crippen LogP contribution in [0.15, 0.2) is 111 Å². The number of hydrogen-bond acceptors (Lipinski definition) is 11. The Balaban J connectivity index is 0.000000227. The Kier molecular flexibility index (Phi) is 19.9. The fourth-order valence-corrected chi connectivity index (χ4v) is 12.7. The van der Waals surface area contributed by atoms with E-state index in [9.17, 15) is 31.2 Å². The number of amides is 2. The van der Waals surface area contributed by atoms with Gasteiger partial charge >= 0.3 is 0 Å². The van der Waals surface area contributed by atoms with Crippen LogP contribution in [0.2, 0.25) is 5.02 Å². The Hall–Kier alpha value is -5.04. The second-order valence-corrected chi connectivity index (χ2v) is 22.9. The molecule has 14 nitrogen and oxygen atoms in total. The molecule has 69 heavy (non-hydrogen) atoms. The average Bonchev–Trinajstić information content (AvgIpc) is 4.06. The average molecular weight is 1020 g/mol. The van der Waals surface area contributed by atoms with Crippen LogP contribution in [0, 0.1) is 5.92 Å². The summed E-state index contributed by atoms with van der Waals surface area (Å²) in [6.07, 6.45) is 9.64. The molecule has 0 unspecified atom stereocenters. The third-order valence-corrected chi connectivity index (χ3v) is 17.7. The number of thiophene rings is 1. The molecule has 2 saturated heterocycles. The summed E-state index contributed by atoms with van der Waals surface area (Å²) >= 11 is 7.01. The van der Waals surface area contributed by atoms with Crippen molar-refractivity contribution in [2.45, 2.75) is 113 Å². The van der Waals surface area contributed by atoms with Crippen molar-refractivity contribution >= 4 is 66.3 Å². The summed E-state index contributed by atoms with van der Waals surface area (Å²) in [7, 11) is -5.80. The van der Waals surface area contributed by atoms with Gasteiger partial charge in [-0.25, -0.2) is 16.8 Å². The quantitative estimate of drug-likeness (QED) is 0.0598. The van der Waals surface area contributed by atoms with Gasteiger partial charge in [-0.05, 0) is 123 Å². The molecular formula is C51H64ClN5O9S3. The second kappa shape index (κ2) is 25.7. The molecule has 0 atom stereocenters. The van der Waals surface area contributed by atoms with Crippen molar-refractivity contribution in [3.63, 3.8) is 0 Å². The summed E-state index contributed by atoms with van der Waals surface area (Å²) in [5.41, 5.74) is 3.32. The number of unbranched alkanes of at least 4 members (excludes halogenated alkanes) is 3. The number of benzene rings is 3. The maximum atomic E-state index is 13.1. The smallest absolute Gasteiger partial charge is 0.276 e. The Bertz CT molecular complexity index is 2690. The molecule has 0 spiro atoms. The van der Waals surface area contributed by atoms with Gasteiger partial charge in [0.05, 0.1) is 20.2 Å². The Labute approximate surface area is 416 Å². The number of Topliss-reactive ketones (excluding diaryl/α,β-unsaturated/α-hetero) is 1. The van der Waals surface area contributed by atoms with Crippen molar-refractivity contribution < 1.29 is 40.4 Å². The topological polar surface area (TPSA) is 184 Å². The molecule has 0 radical (unpaired) electrons. The number of nitrogens with one attached hydrogen (secondary N) is 3. The molecule has 7 rings (SSSR count). The predicted octanol–water partition coefficient (Wildman–Crippen LogP) is 9.71. The van der Waals surface area contributed by atoms with Crippen LogP contribution >= 0.6 is 22.9 Å². The van der Waals surface area contributed by atoms with Crippen LogP contribution < -0.4 is 20.7 Å². The number of methoxy groups -OCH3 is 1. The highest BCUT2D eigenvalue weighted by Gasteiger charge is 2.34. The van der Waals surface area contributed by atoms with E-state index < -0.39 is 20.0 Å². The number of carbonyl (C=O) groups is 3. The second-order valence-electron chi connectivity index (χ2n) is 17.3. The summed E-state index contributed by atoms with van der Waals surface area (Å²) in [5, 5.41) is 9.54. The molecule has 18 heteroatoms. The molecule has 5 aromatic rings. The number of piperidine rings is 2. The van der Waals surface area contributed by atoms with Gasteiger partial charge in [-0.2, -0.15) is 8.61 Å². The molecule has 2 amide bonds. The number of nitrogens with zero attached hydrogens (tertiary/aromatic N) is 2. The first-order valence-corrected chi connectivity index (χ1v) is 27.8. The summed E-state index contributed by atoms with van der Waals surface area (Å²) in [5.74, 6) is 0.668. The third-order valence-electron chi connectivity index (χ3n) is 12.2. The number of sulfonamides is 2. The van der Waals surface area contributed by atoms with Crippen molar-refractivity contribution in [2.24, 2.45) is 5.92 Å². The molecular weight excluding hydrogens is 958 g/mol.